The fraction of sp³-hybridized carbons (Fsp3) is 0.846. The number of amides is 2. The summed E-state index contributed by atoms with van der Waals surface area (Å²) in [7, 11) is 1.89. The minimum atomic E-state index is 0.157. The van der Waals surface area contributed by atoms with Gasteiger partial charge in [-0.05, 0) is 32.1 Å². The van der Waals surface area contributed by atoms with Crippen LogP contribution in [0, 0.1) is 0 Å². The summed E-state index contributed by atoms with van der Waals surface area (Å²) < 4.78 is 0. The molecule has 0 aromatic heterocycles. The van der Waals surface area contributed by atoms with Gasteiger partial charge in [0, 0.05) is 39.0 Å². The van der Waals surface area contributed by atoms with E-state index in [2.05, 4.69) is 0 Å². The number of carbonyl (C=O) groups excluding carboxylic acids is 2. The van der Waals surface area contributed by atoms with Gasteiger partial charge in [0.1, 0.15) is 5.78 Å². The zero-order valence-corrected chi connectivity index (χ0v) is 10.7. The van der Waals surface area contributed by atoms with Gasteiger partial charge in [-0.1, -0.05) is 0 Å². The summed E-state index contributed by atoms with van der Waals surface area (Å²) in [6, 6.07) is 0.422. The van der Waals surface area contributed by atoms with E-state index in [9.17, 15) is 9.59 Å². The average Bonchev–Trinajstić information content (AvgIpc) is 2.39. The molecule has 2 rings (SSSR count). The molecule has 0 aromatic rings. The highest BCUT2D eigenvalue weighted by Crippen LogP contribution is 2.21. The Kier molecular flexibility index (Phi) is 4.02. The first-order valence-electron chi connectivity index (χ1n) is 6.72. The van der Waals surface area contributed by atoms with Crippen LogP contribution in [0.4, 0.5) is 4.79 Å². The first-order chi connectivity index (χ1) is 8.18. The minimum Gasteiger partial charge on any atom is -0.325 e. The van der Waals surface area contributed by atoms with Crippen LogP contribution in [0.25, 0.3) is 0 Å². The zero-order valence-electron chi connectivity index (χ0n) is 10.7. The number of urea groups is 1. The van der Waals surface area contributed by atoms with Gasteiger partial charge in [-0.15, -0.1) is 0 Å². The van der Waals surface area contributed by atoms with Crippen LogP contribution < -0.4 is 0 Å². The second-order valence-corrected chi connectivity index (χ2v) is 5.21. The van der Waals surface area contributed by atoms with Crippen molar-refractivity contribution in [1.82, 2.24) is 9.80 Å². The number of piperidine rings is 1. The third-order valence-corrected chi connectivity index (χ3v) is 3.99. The summed E-state index contributed by atoms with van der Waals surface area (Å²) in [5.41, 5.74) is 0. The number of carbonyl (C=O) groups is 2. The molecule has 96 valence electrons. The van der Waals surface area contributed by atoms with Crippen LogP contribution in [0.3, 0.4) is 0 Å². The third kappa shape index (κ3) is 2.99. The van der Waals surface area contributed by atoms with Crippen molar-refractivity contribution in [1.29, 1.82) is 0 Å². The monoisotopic (exact) mass is 238 g/mol. The normalized spacial score (nSPS) is 22.6. The van der Waals surface area contributed by atoms with E-state index in [1.807, 2.05) is 16.8 Å². The summed E-state index contributed by atoms with van der Waals surface area (Å²) in [5, 5.41) is 0. The zero-order chi connectivity index (χ0) is 12.3. The lowest BCUT2D eigenvalue weighted by molar-refractivity contribution is -0.121. The summed E-state index contributed by atoms with van der Waals surface area (Å²) in [6.45, 7) is 1.80. The summed E-state index contributed by atoms with van der Waals surface area (Å²) in [5.74, 6) is 0.347. The lowest BCUT2D eigenvalue weighted by Gasteiger charge is -2.36. The summed E-state index contributed by atoms with van der Waals surface area (Å²) >= 11 is 0. The predicted octanol–water partition coefficient (Wildman–Crippen LogP) is 2.04. The smallest absolute Gasteiger partial charge is 0.319 e. The lowest BCUT2D eigenvalue weighted by Crippen LogP contribution is -2.48. The standard InChI is InChI=1S/C13H22N2O2/c1-14(11-5-7-12(16)8-6-11)13(17)15-9-3-2-4-10-15/h11H,2-10H2,1H3. The van der Waals surface area contributed by atoms with Gasteiger partial charge in [0.05, 0.1) is 0 Å². The van der Waals surface area contributed by atoms with Crippen LogP contribution >= 0.6 is 0 Å². The van der Waals surface area contributed by atoms with Crippen LogP contribution in [0.5, 0.6) is 0 Å². The van der Waals surface area contributed by atoms with Gasteiger partial charge in [-0.2, -0.15) is 0 Å². The van der Waals surface area contributed by atoms with Crippen molar-refractivity contribution in [3.05, 3.63) is 0 Å². The number of hydrogen-bond donors (Lipinski definition) is 0. The second-order valence-electron chi connectivity index (χ2n) is 5.21. The number of Topliss-reactive ketones (excluding diaryl/α,β-unsaturated/α-hetero) is 1. The quantitative estimate of drug-likeness (QED) is 0.701. The maximum atomic E-state index is 12.2. The average molecular weight is 238 g/mol. The molecule has 1 aliphatic carbocycles. The topological polar surface area (TPSA) is 40.6 Å². The number of rotatable bonds is 1. The van der Waals surface area contributed by atoms with Gasteiger partial charge in [0.15, 0.2) is 0 Å². The van der Waals surface area contributed by atoms with Crippen LogP contribution in [-0.4, -0.2) is 47.8 Å². The lowest BCUT2D eigenvalue weighted by atomic mass is 9.93. The Labute approximate surface area is 103 Å². The molecular formula is C13H22N2O2. The van der Waals surface area contributed by atoms with Gasteiger partial charge in [-0.3, -0.25) is 4.79 Å². The van der Waals surface area contributed by atoms with Gasteiger partial charge in [-0.25, -0.2) is 4.79 Å². The van der Waals surface area contributed by atoms with E-state index in [1.54, 1.807) is 0 Å². The van der Waals surface area contributed by atoms with Crippen molar-refractivity contribution >= 4 is 11.8 Å². The molecule has 17 heavy (non-hydrogen) atoms. The highest BCUT2D eigenvalue weighted by Gasteiger charge is 2.28. The molecule has 0 radical (unpaired) electrons. The Hall–Kier alpha value is -1.06. The highest BCUT2D eigenvalue weighted by atomic mass is 16.2. The Morgan fingerprint density at radius 1 is 1.18 bits per heavy atom. The van der Waals surface area contributed by atoms with Gasteiger partial charge in [0.25, 0.3) is 0 Å². The van der Waals surface area contributed by atoms with E-state index < -0.39 is 0 Å². The first-order valence-corrected chi connectivity index (χ1v) is 6.72. The fourth-order valence-corrected chi connectivity index (χ4v) is 2.78. The number of ketones is 1. The van der Waals surface area contributed by atoms with Crippen molar-refractivity contribution in [2.75, 3.05) is 20.1 Å². The fourth-order valence-electron chi connectivity index (χ4n) is 2.78. The van der Waals surface area contributed by atoms with Crippen molar-refractivity contribution in [2.45, 2.75) is 51.0 Å². The molecule has 2 aliphatic rings. The summed E-state index contributed by atoms with van der Waals surface area (Å²) in [4.78, 5) is 27.3. The Morgan fingerprint density at radius 2 is 1.76 bits per heavy atom. The predicted molar refractivity (Wildman–Crippen MR) is 65.8 cm³/mol. The van der Waals surface area contributed by atoms with Gasteiger partial charge in [0.2, 0.25) is 0 Å². The van der Waals surface area contributed by atoms with E-state index in [1.165, 1.54) is 6.42 Å². The Morgan fingerprint density at radius 3 is 2.35 bits per heavy atom. The van der Waals surface area contributed by atoms with Crippen LogP contribution in [0.15, 0.2) is 0 Å². The molecule has 1 aliphatic heterocycles. The van der Waals surface area contributed by atoms with Gasteiger partial charge < -0.3 is 9.80 Å². The van der Waals surface area contributed by atoms with Crippen LogP contribution in [0.1, 0.15) is 44.9 Å². The molecule has 0 atom stereocenters. The van der Waals surface area contributed by atoms with Crippen molar-refractivity contribution in [3.8, 4) is 0 Å². The molecule has 4 heteroatoms. The van der Waals surface area contributed by atoms with E-state index >= 15 is 0 Å². The molecule has 2 amide bonds. The summed E-state index contributed by atoms with van der Waals surface area (Å²) in [6.07, 6.45) is 6.46. The Balaban J connectivity index is 1.87. The SMILES string of the molecule is CN(C(=O)N1CCCCC1)C1CCC(=O)CC1. The second kappa shape index (κ2) is 5.52. The number of nitrogens with zero attached hydrogens (tertiary/aromatic N) is 2. The van der Waals surface area contributed by atoms with Crippen molar-refractivity contribution in [2.24, 2.45) is 0 Å². The molecule has 0 unspecified atom stereocenters. The number of hydrogen-bond acceptors (Lipinski definition) is 2. The maximum absolute atomic E-state index is 12.2. The molecule has 0 bridgehead atoms. The minimum absolute atomic E-state index is 0.157. The Bertz CT molecular complexity index is 288. The van der Waals surface area contributed by atoms with Gasteiger partial charge >= 0.3 is 6.03 Å². The molecule has 1 heterocycles. The third-order valence-electron chi connectivity index (χ3n) is 3.99. The van der Waals surface area contributed by atoms with Crippen LogP contribution in [-0.2, 0) is 4.79 Å². The van der Waals surface area contributed by atoms with Crippen molar-refractivity contribution in [3.63, 3.8) is 0 Å². The molecule has 0 N–H and O–H groups in total. The molecule has 1 saturated carbocycles. The molecule has 2 fully saturated rings. The van der Waals surface area contributed by atoms with E-state index in [0.717, 1.165) is 38.8 Å². The molecule has 0 aromatic carbocycles. The van der Waals surface area contributed by atoms with Crippen molar-refractivity contribution < 1.29 is 9.59 Å². The molecular weight excluding hydrogens is 216 g/mol. The maximum Gasteiger partial charge on any atom is 0.319 e. The highest BCUT2D eigenvalue weighted by molar-refractivity contribution is 5.80. The molecule has 1 saturated heterocycles. The first kappa shape index (κ1) is 12.4. The van der Waals surface area contributed by atoms with Crippen LogP contribution in [0.2, 0.25) is 0 Å². The largest absolute Gasteiger partial charge is 0.325 e. The number of likely N-dealkylation sites (tertiary alicyclic amines) is 1. The molecule has 4 nitrogen and oxygen atoms in total. The van der Waals surface area contributed by atoms with E-state index in [-0.39, 0.29) is 12.1 Å². The van der Waals surface area contributed by atoms with E-state index in [4.69, 9.17) is 0 Å². The van der Waals surface area contributed by atoms with E-state index in [0.29, 0.717) is 18.6 Å². The molecule has 0 spiro atoms.